The molecule has 1 aliphatic carbocycles. The van der Waals surface area contributed by atoms with Crippen molar-refractivity contribution in [3.63, 3.8) is 0 Å². The fourth-order valence-electron chi connectivity index (χ4n) is 4.78. The number of rotatable bonds is 4. The number of phenols is 1. The molecule has 130 valence electrons. The summed E-state index contributed by atoms with van der Waals surface area (Å²) in [6, 6.07) is 19.2. The van der Waals surface area contributed by atoms with E-state index in [1.54, 1.807) is 6.07 Å². The maximum atomic E-state index is 9.89. The molecular weight excluding hydrogens is 306 g/mol. The summed E-state index contributed by atoms with van der Waals surface area (Å²) in [5, 5.41) is 9.89. The molecule has 1 N–H and O–H groups in total. The monoisotopic (exact) mass is 333 g/mol. The van der Waals surface area contributed by atoms with Gasteiger partial charge < -0.3 is 5.11 Å². The fraction of sp³-hybridized carbons (Fsp3) is 0.391. The second kappa shape index (κ2) is 7.05. The average Bonchev–Trinajstić information content (AvgIpc) is 2.65. The lowest BCUT2D eigenvalue weighted by Crippen LogP contribution is -2.51. The fourth-order valence-corrected chi connectivity index (χ4v) is 4.78. The van der Waals surface area contributed by atoms with Gasteiger partial charge in [0.1, 0.15) is 5.75 Å². The lowest BCUT2D eigenvalue weighted by atomic mass is 9.63. The predicted molar refractivity (Wildman–Crippen MR) is 104 cm³/mol. The molecule has 2 bridgehead atoms. The quantitative estimate of drug-likeness (QED) is 0.852. The molecule has 2 aromatic carbocycles. The molecule has 1 aliphatic heterocycles. The van der Waals surface area contributed by atoms with Crippen LogP contribution in [-0.4, -0.2) is 29.1 Å². The Hall–Kier alpha value is -2.06. The highest BCUT2D eigenvalue weighted by Crippen LogP contribution is 2.47. The van der Waals surface area contributed by atoms with Crippen molar-refractivity contribution in [2.24, 2.45) is 0 Å². The molecule has 1 saturated carbocycles. The van der Waals surface area contributed by atoms with E-state index in [4.69, 9.17) is 0 Å². The SMILES string of the molecule is Oc1cccc([C@]23CCC[C@H](C2)N(C/C=C/c2ccccc2)CC3)c1. The van der Waals surface area contributed by atoms with Crippen molar-refractivity contribution in [2.75, 3.05) is 13.1 Å². The van der Waals surface area contributed by atoms with Crippen molar-refractivity contribution < 1.29 is 5.11 Å². The first-order chi connectivity index (χ1) is 12.3. The van der Waals surface area contributed by atoms with E-state index in [-0.39, 0.29) is 5.41 Å². The Morgan fingerprint density at radius 1 is 1.08 bits per heavy atom. The molecule has 2 nitrogen and oxygen atoms in total. The molecular formula is C23H27NO. The lowest BCUT2D eigenvalue weighted by molar-refractivity contribution is 0.0606. The van der Waals surface area contributed by atoms with Crippen LogP contribution in [0.2, 0.25) is 0 Å². The lowest BCUT2D eigenvalue weighted by Gasteiger charge is -2.50. The third-order valence-electron chi connectivity index (χ3n) is 6.12. The summed E-state index contributed by atoms with van der Waals surface area (Å²) >= 11 is 0. The van der Waals surface area contributed by atoms with E-state index >= 15 is 0 Å². The van der Waals surface area contributed by atoms with Crippen LogP contribution in [0.1, 0.15) is 43.2 Å². The molecule has 1 saturated heterocycles. The van der Waals surface area contributed by atoms with E-state index in [1.165, 1.54) is 43.2 Å². The van der Waals surface area contributed by atoms with Gasteiger partial charge in [-0.2, -0.15) is 0 Å². The number of nitrogens with zero attached hydrogens (tertiary/aromatic N) is 1. The first-order valence-electron chi connectivity index (χ1n) is 9.50. The van der Waals surface area contributed by atoms with Gasteiger partial charge in [-0.15, -0.1) is 0 Å². The second-order valence-electron chi connectivity index (χ2n) is 7.64. The molecule has 2 aromatic rings. The Labute approximate surface area is 150 Å². The van der Waals surface area contributed by atoms with Gasteiger partial charge in [-0.3, -0.25) is 4.90 Å². The maximum Gasteiger partial charge on any atom is 0.115 e. The molecule has 4 rings (SSSR count). The summed E-state index contributed by atoms with van der Waals surface area (Å²) in [7, 11) is 0. The van der Waals surface area contributed by atoms with Crippen molar-refractivity contribution in [1.29, 1.82) is 0 Å². The minimum Gasteiger partial charge on any atom is -0.508 e. The maximum absolute atomic E-state index is 9.89. The Morgan fingerprint density at radius 2 is 1.96 bits per heavy atom. The van der Waals surface area contributed by atoms with E-state index < -0.39 is 0 Å². The van der Waals surface area contributed by atoms with Gasteiger partial charge in [0, 0.05) is 12.6 Å². The van der Waals surface area contributed by atoms with E-state index in [0.29, 0.717) is 11.8 Å². The normalized spacial score (nSPS) is 26.8. The van der Waals surface area contributed by atoms with Crippen molar-refractivity contribution in [1.82, 2.24) is 4.90 Å². The zero-order chi connectivity index (χ0) is 17.1. The number of likely N-dealkylation sites (tertiary alicyclic amines) is 1. The molecule has 2 aliphatic rings. The van der Waals surface area contributed by atoms with Crippen LogP contribution in [0.5, 0.6) is 5.75 Å². The van der Waals surface area contributed by atoms with Crippen LogP contribution in [0, 0.1) is 0 Å². The van der Waals surface area contributed by atoms with Crippen molar-refractivity contribution in [3.05, 3.63) is 71.8 Å². The van der Waals surface area contributed by atoms with Crippen LogP contribution in [0.25, 0.3) is 6.08 Å². The molecule has 2 atom stereocenters. The number of hydrogen-bond donors (Lipinski definition) is 1. The van der Waals surface area contributed by atoms with Crippen LogP contribution in [0.4, 0.5) is 0 Å². The standard InChI is InChI=1S/C23H27NO/c25-22-12-4-10-20(17-22)23-13-5-11-21(18-23)24(16-14-23)15-6-9-19-7-2-1-3-8-19/h1-4,6-10,12,17,21,25H,5,11,13-16,18H2/b9-6+/t21-,23+/m1/s1. The van der Waals surface area contributed by atoms with E-state index in [1.807, 2.05) is 12.1 Å². The molecule has 0 amide bonds. The number of aromatic hydroxyl groups is 1. The number of benzene rings is 2. The van der Waals surface area contributed by atoms with Gasteiger partial charge in [-0.25, -0.2) is 0 Å². The summed E-state index contributed by atoms with van der Waals surface area (Å²) in [6.07, 6.45) is 10.8. The minimum absolute atomic E-state index is 0.279. The van der Waals surface area contributed by atoms with Gasteiger partial charge in [0.2, 0.25) is 0 Å². The number of fused-ring (bicyclic) bond motifs is 2. The third kappa shape index (κ3) is 3.50. The number of phenolic OH excluding ortho intramolecular Hbond substituents is 1. The second-order valence-corrected chi connectivity index (χ2v) is 7.64. The summed E-state index contributed by atoms with van der Waals surface area (Å²) in [4.78, 5) is 2.65. The smallest absolute Gasteiger partial charge is 0.115 e. The van der Waals surface area contributed by atoms with Crippen molar-refractivity contribution in [3.8, 4) is 5.75 Å². The molecule has 1 heterocycles. The minimum atomic E-state index is 0.279. The molecule has 0 aromatic heterocycles. The Bertz CT molecular complexity index is 739. The van der Waals surface area contributed by atoms with Gasteiger partial charge in [0.15, 0.2) is 0 Å². The number of hydrogen-bond acceptors (Lipinski definition) is 2. The Kier molecular flexibility index (Phi) is 4.63. The van der Waals surface area contributed by atoms with Crippen LogP contribution >= 0.6 is 0 Å². The third-order valence-corrected chi connectivity index (χ3v) is 6.12. The first-order valence-corrected chi connectivity index (χ1v) is 9.50. The van der Waals surface area contributed by atoms with Gasteiger partial charge >= 0.3 is 0 Å². The van der Waals surface area contributed by atoms with Crippen LogP contribution in [0.3, 0.4) is 0 Å². The molecule has 0 unspecified atom stereocenters. The summed E-state index contributed by atoms with van der Waals surface area (Å²) in [6.45, 7) is 2.19. The summed E-state index contributed by atoms with van der Waals surface area (Å²) in [5.74, 6) is 0.405. The van der Waals surface area contributed by atoms with Gasteiger partial charge in [0.05, 0.1) is 0 Å². The van der Waals surface area contributed by atoms with Crippen molar-refractivity contribution >= 4 is 6.08 Å². The van der Waals surface area contributed by atoms with Crippen LogP contribution in [0.15, 0.2) is 60.7 Å². The highest BCUT2D eigenvalue weighted by molar-refractivity contribution is 5.48. The zero-order valence-electron chi connectivity index (χ0n) is 14.8. The first kappa shape index (κ1) is 16.4. The molecule has 0 radical (unpaired) electrons. The van der Waals surface area contributed by atoms with Gasteiger partial charge in [0.25, 0.3) is 0 Å². The van der Waals surface area contributed by atoms with Gasteiger partial charge in [-0.1, -0.05) is 61.0 Å². The summed E-state index contributed by atoms with van der Waals surface area (Å²) < 4.78 is 0. The van der Waals surface area contributed by atoms with Crippen LogP contribution < -0.4 is 0 Å². The van der Waals surface area contributed by atoms with Gasteiger partial charge in [-0.05, 0) is 60.9 Å². The summed E-state index contributed by atoms with van der Waals surface area (Å²) in [5.41, 5.74) is 2.90. The highest BCUT2D eigenvalue weighted by atomic mass is 16.3. The molecule has 2 heteroatoms. The van der Waals surface area contributed by atoms with Crippen molar-refractivity contribution in [2.45, 2.75) is 43.6 Å². The number of piperidine rings is 1. The largest absolute Gasteiger partial charge is 0.508 e. The van der Waals surface area contributed by atoms with Crippen LogP contribution in [-0.2, 0) is 5.41 Å². The highest BCUT2D eigenvalue weighted by Gasteiger charge is 2.43. The Balaban J connectivity index is 1.45. The molecule has 25 heavy (non-hydrogen) atoms. The predicted octanol–water partition coefficient (Wildman–Crippen LogP) is 4.99. The molecule has 0 spiro atoms. The molecule has 2 fully saturated rings. The topological polar surface area (TPSA) is 23.5 Å². The Morgan fingerprint density at radius 3 is 2.80 bits per heavy atom. The van der Waals surface area contributed by atoms with E-state index in [0.717, 1.165) is 13.1 Å². The zero-order valence-corrected chi connectivity index (χ0v) is 14.8. The van der Waals surface area contributed by atoms with E-state index in [9.17, 15) is 5.11 Å². The average molecular weight is 333 g/mol. The van der Waals surface area contributed by atoms with E-state index in [2.05, 4.69) is 53.5 Å².